The molecule has 0 aromatic heterocycles. The van der Waals surface area contributed by atoms with Crippen LogP contribution in [0.5, 0.6) is 0 Å². The number of nitrogens with zero attached hydrogens (tertiary/aromatic N) is 2. The Labute approximate surface area is 180 Å². The normalized spacial score (nSPS) is 24.7. The third kappa shape index (κ3) is 3.70. The van der Waals surface area contributed by atoms with Crippen LogP contribution in [0, 0.1) is 23.6 Å². The highest BCUT2D eigenvalue weighted by molar-refractivity contribution is 5.97. The predicted octanol–water partition coefficient (Wildman–Crippen LogP) is 2.40. The molecule has 0 unspecified atom stereocenters. The molecule has 158 valence electrons. The van der Waals surface area contributed by atoms with E-state index >= 15 is 0 Å². The average molecular weight is 418 g/mol. The lowest BCUT2D eigenvalue weighted by atomic mass is 9.73. The number of aliphatic hydroxyl groups excluding tert-OH is 1. The molecule has 5 rings (SSSR count). The third-order valence-corrected chi connectivity index (χ3v) is 6.42. The van der Waals surface area contributed by atoms with Crippen molar-refractivity contribution in [3.63, 3.8) is 0 Å². The minimum absolute atomic E-state index is 0.0361. The monoisotopic (exact) mass is 418 g/mol. The van der Waals surface area contributed by atoms with Crippen LogP contribution in [0.2, 0.25) is 0 Å². The molecule has 2 aromatic carbocycles. The van der Waals surface area contributed by atoms with Gasteiger partial charge in [0.1, 0.15) is 12.4 Å². The molecule has 2 aromatic rings. The number of carbonyl (C=O) groups excluding carboxylic acids is 2. The van der Waals surface area contributed by atoms with Crippen LogP contribution in [-0.2, 0) is 4.79 Å². The second-order valence-corrected chi connectivity index (χ2v) is 8.50. The molecule has 0 bridgehead atoms. The molecule has 1 N–H and O–H groups in total. The smallest absolute Gasteiger partial charge is 0.254 e. The van der Waals surface area contributed by atoms with Gasteiger partial charge in [-0.3, -0.25) is 9.59 Å². The van der Waals surface area contributed by atoms with Gasteiger partial charge in [0.25, 0.3) is 5.91 Å². The topological polar surface area (TPSA) is 60.9 Å². The zero-order chi connectivity index (χ0) is 21.5. The van der Waals surface area contributed by atoms with E-state index in [9.17, 15) is 19.1 Å². The molecular formula is C25H23FN2O3. The van der Waals surface area contributed by atoms with Gasteiger partial charge in [0.2, 0.25) is 5.91 Å². The van der Waals surface area contributed by atoms with Crippen molar-refractivity contribution in [2.45, 2.75) is 30.8 Å². The fourth-order valence-electron chi connectivity index (χ4n) is 4.63. The average Bonchev–Trinajstić information content (AvgIpc) is 3.59. The molecule has 2 saturated heterocycles. The van der Waals surface area contributed by atoms with E-state index in [4.69, 9.17) is 0 Å². The van der Waals surface area contributed by atoms with Crippen LogP contribution in [0.25, 0.3) is 0 Å². The Morgan fingerprint density at radius 3 is 2.45 bits per heavy atom. The van der Waals surface area contributed by atoms with E-state index in [1.54, 1.807) is 4.90 Å². The molecule has 1 saturated carbocycles. The van der Waals surface area contributed by atoms with E-state index in [0.29, 0.717) is 18.0 Å². The number of hydrogen-bond acceptors (Lipinski definition) is 3. The first-order chi connectivity index (χ1) is 15.0. The minimum atomic E-state index is -0.410. The van der Waals surface area contributed by atoms with Gasteiger partial charge in [0.05, 0.1) is 18.7 Å². The number of rotatable bonds is 3. The summed E-state index contributed by atoms with van der Waals surface area (Å²) in [4.78, 5) is 28.9. The lowest BCUT2D eigenvalue weighted by molar-refractivity contribution is -0.159. The van der Waals surface area contributed by atoms with Crippen LogP contribution in [0.3, 0.4) is 0 Å². The highest BCUT2D eigenvalue weighted by Gasteiger charge is 2.54. The van der Waals surface area contributed by atoms with E-state index < -0.39 is 5.82 Å². The molecule has 5 nitrogen and oxygen atoms in total. The van der Waals surface area contributed by atoms with Crippen molar-refractivity contribution in [1.29, 1.82) is 0 Å². The Hall–Kier alpha value is -3.17. The number of piperazine rings is 1. The van der Waals surface area contributed by atoms with E-state index in [1.165, 1.54) is 42.0 Å². The van der Waals surface area contributed by atoms with Crippen molar-refractivity contribution in [1.82, 2.24) is 9.80 Å². The van der Waals surface area contributed by atoms with Crippen molar-refractivity contribution < 1.29 is 19.1 Å². The number of aliphatic hydroxyl groups is 1. The maximum atomic E-state index is 13.2. The second kappa shape index (κ2) is 7.82. The Bertz CT molecular complexity index is 1070. The van der Waals surface area contributed by atoms with Gasteiger partial charge in [-0.15, -0.1) is 0 Å². The summed E-state index contributed by atoms with van der Waals surface area (Å²) in [6, 6.07) is 12.9. The molecule has 3 fully saturated rings. The predicted molar refractivity (Wildman–Crippen MR) is 113 cm³/mol. The molecule has 2 amide bonds. The first kappa shape index (κ1) is 19.8. The Balaban J connectivity index is 1.35. The van der Waals surface area contributed by atoms with Crippen LogP contribution in [-0.4, -0.2) is 58.5 Å². The van der Waals surface area contributed by atoms with Crippen LogP contribution < -0.4 is 0 Å². The largest absolute Gasteiger partial charge is 0.394 e. The lowest BCUT2D eigenvalue weighted by Gasteiger charge is -2.58. The number of hydrogen-bond donors (Lipinski definition) is 1. The van der Waals surface area contributed by atoms with E-state index in [1.807, 2.05) is 24.3 Å². The lowest BCUT2D eigenvalue weighted by Crippen LogP contribution is -2.73. The minimum Gasteiger partial charge on any atom is -0.394 e. The first-order valence-corrected chi connectivity index (χ1v) is 10.6. The summed E-state index contributed by atoms with van der Waals surface area (Å²) in [5.74, 6) is 6.06. The zero-order valence-corrected chi connectivity index (χ0v) is 17.0. The summed E-state index contributed by atoms with van der Waals surface area (Å²) in [6.07, 6.45) is 2.37. The molecule has 0 spiro atoms. The Morgan fingerprint density at radius 1 is 1.10 bits per heavy atom. The fraction of sp³-hybridized carbons (Fsp3) is 0.360. The summed E-state index contributed by atoms with van der Waals surface area (Å²) < 4.78 is 13.2. The number of benzene rings is 2. The molecule has 2 aliphatic heterocycles. The Morgan fingerprint density at radius 2 is 1.81 bits per heavy atom. The Kier molecular flexibility index (Phi) is 4.99. The first-order valence-electron chi connectivity index (χ1n) is 10.6. The van der Waals surface area contributed by atoms with Crippen LogP contribution in [0.4, 0.5) is 4.39 Å². The number of fused-ring (bicyclic) bond motifs is 1. The van der Waals surface area contributed by atoms with Gasteiger partial charge in [-0.2, -0.15) is 0 Å². The van der Waals surface area contributed by atoms with E-state index in [2.05, 4.69) is 11.8 Å². The van der Waals surface area contributed by atoms with Crippen molar-refractivity contribution in [3.8, 4) is 11.8 Å². The number of amides is 2. The van der Waals surface area contributed by atoms with Gasteiger partial charge >= 0.3 is 0 Å². The fourth-order valence-corrected chi connectivity index (χ4v) is 4.63. The summed E-state index contributed by atoms with van der Waals surface area (Å²) in [5, 5.41) is 9.93. The maximum Gasteiger partial charge on any atom is 0.254 e. The van der Waals surface area contributed by atoms with Gasteiger partial charge in [-0.25, -0.2) is 4.39 Å². The molecule has 31 heavy (non-hydrogen) atoms. The summed E-state index contributed by atoms with van der Waals surface area (Å²) in [7, 11) is 0. The molecule has 0 radical (unpaired) electrons. The molecule has 3 atom stereocenters. The van der Waals surface area contributed by atoms with Crippen LogP contribution in [0.15, 0.2) is 48.5 Å². The molecule has 3 aliphatic rings. The molecular weight excluding hydrogens is 395 g/mol. The third-order valence-electron chi connectivity index (χ3n) is 6.42. The standard InChI is InChI=1S/C25H23FN2O3/c26-20-11-9-19(10-12-20)25(31)27-13-21-24(22(15-29)28(21)23(30)14-27)18-7-5-17(6-8-18)4-3-16-1-2-16/h5-12,16,21-22,24,29H,1-2,13-15H2/t21-,22-,24+/m0/s1. The van der Waals surface area contributed by atoms with Crippen molar-refractivity contribution in [3.05, 3.63) is 71.0 Å². The van der Waals surface area contributed by atoms with Crippen molar-refractivity contribution >= 4 is 11.8 Å². The second-order valence-electron chi connectivity index (χ2n) is 8.50. The van der Waals surface area contributed by atoms with Crippen molar-refractivity contribution in [2.24, 2.45) is 5.92 Å². The molecule has 1 aliphatic carbocycles. The van der Waals surface area contributed by atoms with Gasteiger partial charge in [0, 0.05) is 29.5 Å². The highest BCUT2D eigenvalue weighted by atomic mass is 19.1. The van der Waals surface area contributed by atoms with Gasteiger partial charge in [-0.05, 0) is 54.8 Å². The van der Waals surface area contributed by atoms with Gasteiger partial charge in [-0.1, -0.05) is 24.0 Å². The molecule has 2 heterocycles. The molecule has 6 heteroatoms. The summed E-state index contributed by atoms with van der Waals surface area (Å²) >= 11 is 0. The van der Waals surface area contributed by atoms with Crippen LogP contribution >= 0.6 is 0 Å². The highest BCUT2D eigenvalue weighted by Crippen LogP contribution is 2.43. The number of halogens is 1. The van der Waals surface area contributed by atoms with Gasteiger partial charge in [0.15, 0.2) is 0 Å². The quantitative estimate of drug-likeness (QED) is 0.779. The number of carbonyl (C=O) groups is 2. The summed E-state index contributed by atoms with van der Waals surface area (Å²) in [6.45, 7) is 0.222. The van der Waals surface area contributed by atoms with Crippen LogP contribution in [0.1, 0.15) is 40.2 Å². The summed E-state index contributed by atoms with van der Waals surface area (Å²) in [5.41, 5.74) is 2.34. The van der Waals surface area contributed by atoms with E-state index in [0.717, 1.165) is 11.1 Å². The maximum absolute atomic E-state index is 13.2. The van der Waals surface area contributed by atoms with Crippen molar-refractivity contribution in [2.75, 3.05) is 19.7 Å². The van der Waals surface area contributed by atoms with Gasteiger partial charge < -0.3 is 14.9 Å². The zero-order valence-electron chi connectivity index (χ0n) is 17.0. The van der Waals surface area contributed by atoms with E-state index in [-0.39, 0.29) is 43.0 Å². The SMILES string of the molecule is O=C(c1ccc(F)cc1)N1CC(=O)N2[C@@H](CO)[C@H](c3ccc(C#CC4CC4)cc3)[C@@H]2C1.